The van der Waals surface area contributed by atoms with Crippen molar-refractivity contribution < 1.29 is 9.47 Å². The highest BCUT2D eigenvalue weighted by atomic mass is 16.5. The summed E-state index contributed by atoms with van der Waals surface area (Å²) in [6.45, 7) is 6.09. The van der Waals surface area contributed by atoms with Gasteiger partial charge in [-0.1, -0.05) is 6.92 Å². The molecular weight excluding hydrogens is 178 g/mol. The first kappa shape index (κ1) is 12.0. The zero-order valence-corrected chi connectivity index (χ0v) is 9.58. The Morgan fingerprint density at radius 3 is 2.71 bits per heavy atom. The second kappa shape index (κ2) is 6.38. The van der Waals surface area contributed by atoms with E-state index in [4.69, 9.17) is 9.47 Å². The highest BCUT2D eigenvalue weighted by Crippen LogP contribution is 2.24. The number of hydrogen-bond acceptors (Lipinski definition) is 3. The molecule has 1 unspecified atom stereocenters. The first-order chi connectivity index (χ1) is 6.76. The predicted molar refractivity (Wildman–Crippen MR) is 57.5 cm³/mol. The first-order valence-corrected chi connectivity index (χ1v) is 5.64. The van der Waals surface area contributed by atoms with Crippen molar-refractivity contribution in [2.45, 2.75) is 51.4 Å². The average Bonchev–Trinajstić information content (AvgIpc) is 2.09. The molecule has 14 heavy (non-hydrogen) atoms. The molecule has 3 nitrogen and oxygen atoms in total. The zero-order valence-electron chi connectivity index (χ0n) is 9.58. The number of rotatable bonds is 7. The summed E-state index contributed by atoms with van der Waals surface area (Å²) in [5.41, 5.74) is 0. The minimum atomic E-state index is 0.233. The normalized spacial score (nSPS) is 28.5. The molecule has 1 saturated carbocycles. The van der Waals surface area contributed by atoms with E-state index in [1.807, 2.05) is 0 Å². The van der Waals surface area contributed by atoms with E-state index in [9.17, 15) is 0 Å². The van der Waals surface area contributed by atoms with Crippen LogP contribution in [0, 0.1) is 0 Å². The fraction of sp³-hybridized carbons (Fsp3) is 1.00. The molecule has 3 heteroatoms. The lowest BCUT2D eigenvalue weighted by molar-refractivity contribution is -0.0799. The Hall–Kier alpha value is -0.120. The van der Waals surface area contributed by atoms with Gasteiger partial charge in [-0.25, -0.2) is 0 Å². The van der Waals surface area contributed by atoms with Crippen molar-refractivity contribution in [3.63, 3.8) is 0 Å². The van der Waals surface area contributed by atoms with Gasteiger partial charge in [-0.15, -0.1) is 0 Å². The van der Waals surface area contributed by atoms with Crippen molar-refractivity contribution in [3.05, 3.63) is 0 Å². The summed E-state index contributed by atoms with van der Waals surface area (Å²) in [6, 6.07) is 0.690. The molecule has 0 spiro atoms. The van der Waals surface area contributed by atoms with Crippen LogP contribution in [0.5, 0.6) is 0 Å². The second-order valence-electron chi connectivity index (χ2n) is 4.15. The quantitative estimate of drug-likeness (QED) is 0.678. The van der Waals surface area contributed by atoms with E-state index in [0.29, 0.717) is 18.8 Å². The summed E-state index contributed by atoms with van der Waals surface area (Å²) in [6.07, 6.45) is 4.22. The van der Waals surface area contributed by atoms with Crippen LogP contribution in [0.2, 0.25) is 0 Å². The molecule has 0 bridgehead atoms. The van der Waals surface area contributed by atoms with Crippen molar-refractivity contribution in [2.24, 2.45) is 0 Å². The third-order valence-electron chi connectivity index (χ3n) is 2.60. The molecule has 0 amide bonds. The SMILES string of the molecule is CCCNC1CC(OC(C)COC)C1. The van der Waals surface area contributed by atoms with Gasteiger partial charge in [0.15, 0.2) is 0 Å². The van der Waals surface area contributed by atoms with Crippen LogP contribution in [0.15, 0.2) is 0 Å². The van der Waals surface area contributed by atoms with E-state index in [0.717, 1.165) is 19.4 Å². The van der Waals surface area contributed by atoms with Crippen LogP contribution in [-0.2, 0) is 9.47 Å². The van der Waals surface area contributed by atoms with Crippen LogP contribution >= 0.6 is 0 Å². The number of hydrogen-bond donors (Lipinski definition) is 1. The van der Waals surface area contributed by atoms with Gasteiger partial charge in [0.25, 0.3) is 0 Å². The Morgan fingerprint density at radius 2 is 2.14 bits per heavy atom. The van der Waals surface area contributed by atoms with Crippen LogP contribution in [0.3, 0.4) is 0 Å². The van der Waals surface area contributed by atoms with E-state index in [2.05, 4.69) is 19.2 Å². The fourth-order valence-electron chi connectivity index (χ4n) is 1.79. The highest BCUT2D eigenvalue weighted by molar-refractivity contribution is 4.86. The van der Waals surface area contributed by atoms with Gasteiger partial charge in [0.1, 0.15) is 0 Å². The monoisotopic (exact) mass is 201 g/mol. The number of methoxy groups -OCH3 is 1. The smallest absolute Gasteiger partial charge is 0.0784 e. The summed E-state index contributed by atoms with van der Waals surface area (Å²) in [7, 11) is 1.71. The summed E-state index contributed by atoms with van der Waals surface area (Å²) in [5, 5.41) is 3.49. The molecule has 0 aromatic heterocycles. The fourth-order valence-corrected chi connectivity index (χ4v) is 1.79. The van der Waals surface area contributed by atoms with E-state index in [1.165, 1.54) is 6.42 Å². The summed E-state index contributed by atoms with van der Waals surface area (Å²) in [4.78, 5) is 0. The van der Waals surface area contributed by atoms with Crippen molar-refractivity contribution in [1.82, 2.24) is 5.32 Å². The average molecular weight is 201 g/mol. The van der Waals surface area contributed by atoms with Gasteiger partial charge < -0.3 is 14.8 Å². The van der Waals surface area contributed by atoms with Gasteiger partial charge in [-0.2, -0.15) is 0 Å². The van der Waals surface area contributed by atoms with E-state index < -0.39 is 0 Å². The minimum absolute atomic E-state index is 0.233. The second-order valence-corrected chi connectivity index (χ2v) is 4.15. The third-order valence-corrected chi connectivity index (χ3v) is 2.60. The summed E-state index contributed by atoms with van der Waals surface area (Å²) in [5.74, 6) is 0. The summed E-state index contributed by atoms with van der Waals surface area (Å²) >= 11 is 0. The van der Waals surface area contributed by atoms with Crippen molar-refractivity contribution in [1.29, 1.82) is 0 Å². The maximum Gasteiger partial charge on any atom is 0.0784 e. The zero-order chi connectivity index (χ0) is 10.4. The van der Waals surface area contributed by atoms with Crippen LogP contribution < -0.4 is 5.32 Å². The molecule has 84 valence electrons. The Labute approximate surface area is 87.2 Å². The maximum atomic E-state index is 5.77. The van der Waals surface area contributed by atoms with Crippen molar-refractivity contribution in [3.8, 4) is 0 Å². The van der Waals surface area contributed by atoms with E-state index in [1.54, 1.807) is 7.11 Å². The molecule has 0 aromatic rings. The topological polar surface area (TPSA) is 30.5 Å². The van der Waals surface area contributed by atoms with Gasteiger partial charge in [0, 0.05) is 13.2 Å². The van der Waals surface area contributed by atoms with Crippen LogP contribution in [0.1, 0.15) is 33.1 Å². The van der Waals surface area contributed by atoms with E-state index >= 15 is 0 Å². The lowest BCUT2D eigenvalue weighted by Gasteiger charge is -2.37. The Morgan fingerprint density at radius 1 is 1.43 bits per heavy atom. The molecule has 0 aliphatic heterocycles. The lowest BCUT2D eigenvalue weighted by Crippen LogP contribution is -2.46. The first-order valence-electron chi connectivity index (χ1n) is 5.64. The van der Waals surface area contributed by atoms with Gasteiger partial charge >= 0.3 is 0 Å². The van der Waals surface area contributed by atoms with Gasteiger partial charge in [0.05, 0.1) is 18.8 Å². The lowest BCUT2D eigenvalue weighted by atomic mass is 9.89. The Bertz CT molecular complexity index is 146. The predicted octanol–water partition coefficient (Wildman–Crippen LogP) is 1.57. The highest BCUT2D eigenvalue weighted by Gasteiger charge is 2.30. The largest absolute Gasteiger partial charge is 0.382 e. The number of nitrogens with one attached hydrogen (secondary N) is 1. The minimum Gasteiger partial charge on any atom is -0.382 e. The molecular formula is C11H23NO2. The molecule has 1 fully saturated rings. The van der Waals surface area contributed by atoms with Gasteiger partial charge in [0.2, 0.25) is 0 Å². The standard InChI is InChI=1S/C11H23NO2/c1-4-5-12-10-6-11(7-10)14-9(2)8-13-3/h9-12H,4-8H2,1-3H3. The molecule has 0 aromatic carbocycles. The van der Waals surface area contributed by atoms with Gasteiger partial charge in [-0.3, -0.25) is 0 Å². The molecule has 1 atom stereocenters. The molecule has 1 aliphatic carbocycles. The Balaban J connectivity index is 1.98. The number of ether oxygens (including phenoxy) is 2. The van der Waals surface area contributed by atoms with Crippen LogP contribution in [0.25, 0.3) is 0 Å². The Kier molecular flexibility index (Phi) is 5.45. The third kappa shape index (κ3) is 3.95. The van der Waals surface area contributed by atoms with Crippen molar-refractivity contribution >= 4 is 0 Å². The molecule has 1 rings (SSSR count). The molecule has 0 saturated heterocycles. The van der Waals surface area contributed by atoms with Crippen LogP contribution in [0.4, 0.5) is 0 Å². The van der Waals surface area contributed by atoms with Crippen molar-refractivity contribution in [2.75, 3.05) is 20.3 Å². The van der Waals surface area contributed by atoms with Crippen LogP contribution in [-0.4, -0.2) is 38.5 Å². The maximum absolute atomic E-state index is 5.77. The van der Waals surface area contributed by atoms with E-state index in [-0.39, 0.29) is 6.10 Å². The molecule has 1 N–H and O–H groups in total. The summed E-state index contributed by atoms with van der Waals surface area (Å²) < 4.78 is 10.8. The molecule has 0 radical (unpaired) electrons. The molecule has 1 aliphatic rings. The van der Waals surface area contributed by atoms with Gasteiger partial charge in [-0.05, 0) is 32.7 Å². The molecule has 0 heterocycles.